The lowest BCUT2D eigenvalue weighted by Gasteiger charge is -2.09. The van der Waals surface area contributed by atoms with Crippen LogP contribution >= 0.6 is 0 Å². The fourth-order valence-corrected chi connectivity index (χ4v) is 1.98. The summed E-state index contributed by atoms with van der Waals surface area (Å²) in [5, 5.41) is 3.32. The molecule has 1 aromatic rings. The Labute approximate surface area is 117 Å². The highest BCUT2D eigenvalue weighted by atomic mass is 16.5. The third-order valence-corrected chi connectivity index (χ3v) is 3.23. The van der Waals surface area contributed by atoms with Crippen LogP contribution in [0.25, 0.3) is 0 Å². The first-order valence-corrected chi connectivity index (χ1v) is 7.58. The third kappa shape index (κ3) is 6.58. The molecule has 0 aliphatic carbocycles. The van der Waals surface area contributed by atoms with Crippen LogP contribution in [-0.2, 0) is 6.54 Å². The topological polar surface area (TPSA) is 34.1 Å². The number of rotatable bonds is 10. The maximum atomic E-state index is 5.69. The minimum absolute atomic E-state index is 0.758. The van der Waals surface area contributed by atoms with Crippen molar-refractivity contribution in [3.8, 4) is 5.88 Å². The van der Waals surface area contributed by atoms with Crippen LogP contribution in [0.2, 0.25) is 0 Å². The number of ether oxygens (including phenoxy) is 1. The second-order valence-electron chi connectivity index (χ2n) is 4.94. The van der Waals surface area contributed by atoms with Gasteiger partial charge in [-0.2, -0.15) is 0 Å². The highest BCUT2D eigenvalue weighted by Crippen LogP contribution is 2.13. The zero-order valence-corrected chi connectivity index (χ0v) is 12.7. The molecule has 108 valence electrons. The van der Waals surface area contributed by atoms with Gasteiger partial charge in [0.1, 0.15) is 0 Å². The Morgan fingerprint density at radius 1 is 1.11 bits per heavy atom. The van der Waals surface area contributed by atoms with Crippen molar-refractivity contribution in [2.75, 3.05) is 13.2 Å². The van der Waals surface area contributed by atoms with E-state index in [0.29, 0.717) is 0 Å². The van der Waals surface area contributed by atoms with Crippen LogP contribution < -0.4 is 10.1 Å². The van der Waals surface area contributed by atoms with Crippen molar-refractivity contribution in [1.29, 1.82) is 0 Å². The van der Waals surface area contributed by atoms with Gasteiger partial charge in [-0.3, -0.25) is 0 Å². The van der Waals surface area contributed by atoms with Crippen molar-refractivity contribution in [2.24, 2.45) is 0 Å². The molecular weight excluding hydrogens is 236 g/mol. The van der Waals surface area contributed by atoms with Gasteiger partial charge >= 0.3 is 0 Å². The van der Waals surface area contributed by atoms with Crippen LogP contribution in [0.15, 0.2) is 12.1 Å². The number of nitrogens with zero attached hydrogens (tertiary/aromatic N) is 1. The zero-order valence-electron chi connectivity index (χ0n) is 12.7. The Morgan fingerprint density at radius 3 is 2.58 bits per heavy atom. The van der Waals surface area contributed by atoms with Crippen LogP contribution in [0, 0.1) is 6.92 Å². The quantitative estimate of drug-likeness (QED) is 0.652. The number of nitrogens with one attached hydrogen (secondary N) is 1. The zero-order chi connectivity index (χ0) is 13.9. The molecule has 0 bridgehead atoms. The van der Waals surface area contributed by atoms with Gasteiger partial charge in [-0.15, -0.1) is 0 Å². The predicted octanol–water partition coefficient (Wildman–Crippen LogP) is 3.85. The van der Waals surface area contributed by atoms with Crippen LogP contribution in [0.5, 0.6) is 5.88 Å². The smallest absolute Gasteiger partial charge is 0.213 e. The van der Waals surface area contributed by atoms with Crippen molar-refractivity contribution in [3.63, 3.8) is 0 Å². The van der Waals surface area contributed by atoms with E-state index in [1.54, 1.807) is 0 Å². The van der Waals surface area contributed by atoms with E-state index < -0.39 is 0 Å². The average molecular weight is 264 g/mol. The Morgan fingerprint density at radius 2 is 1.89 bits per heavy atom. The normalized spacial score (nSPS) is 10.7. The molecule has 0 aromatic carbocycles. The lowest BCUT2D eigenvalue weighted by molar-refractivity contribution is 0.292. The summed E-state index contributed by atoms with van der Waals surface area (Å²) in [5.74, 6) is 0.758. The number of aromatic nitrogens is 1. The highest BCUT2D eigenvalue weighted by molar-refractivity contribution is 5.24. The summed E-state index contributed by atoms with van der Waals surface area (Å²) in [6.07, 6.45) is 6.31. The summed E-state index contributed by atoms with van der Waals surface area (Å²) in [5.41, 5.74) is 2.31. The van der Waals surface area contributed by atoms with Gasteiger partial charge < -0.3 is 10.1 Å². The van der Waals surface area contributed by atoms with E-state index in [4.69, 9.17) is 4.74 Å². The number of aryl methyl sites for hydroxylation is 1. The standard InChI is InChI=1S/C16H28N2O/c1-4-6-7-8-9-12-19-16-11-10-15(13-17-5-2)14(3)18-16/h10-11,17H,4-9,12-13H2,1-3H3. The van der Waals surface area contributed by atoms with Crippen molar-refractivity contribution in [3.05, 3.63) is 23.4 Å². The van der Waals surface area contributed by atoms with Gasteiger partial charge in [-0.1, -0.05) is 45.6 Å². The molecule has 0 saturated heterocycles. The predicted molar refractivity (Wildman–Crippen MR) is 80.6 cm³/mol. The first-order chi connectivity index (χ1) is 9.27. The summed E-state index contributed by atoms with van der Waals surface area (Å²) >= 11 is 0. The minimum atomic E-state index is 0.758. The van der Waals surface area contributed by atoms with E-state index in [-0.39, 0.29) is 0 Å². The number of unbranched alkanes of at least 4 members (excludes halogenated alkanes) is 4. The molecule has 0 aliphatic rings. The number of hydrogen-bond acceptors (Lipinski definition) is 3. The molecule has 0 fully saturated rings. The lowest BCUT2D eigenvalue weighted by atomic mass is 10.2. The van der Waals surface area contributed by atoms with Gasteiger partial charge in [0.15, 0.2) is 0 Å². The van der Waals surface area contributed by atoms with Gasteiger partial charge in [0.05, 0.1) is 6.61 Å². The van der Waals surface area contributed by atoms with E-state index in [1.807, 2.05) is 13.0 Å². The van der Waals surface area contributed by atoms with Gasteiger partial charge in [0.25, 0.3) is 0 Å². The Hall–Kier alpha value is -1.09. The SMILES string of the molecule is CCCCCCCOc1ccc(CNCC)c(C)n1. The molecule has 0 aliphatic heterocycles. The molecule has 1 heterocycles. The first-order valence-electron chi connectivity index (χ1n) is 7.58. The Kier molecular flexibility index (Phi) is 8.23. The number of hydrogen-bond donors (Lipinski definition) is 1. The molecular formula is C16H28N2O. The fourth-order valence-electron chi connectivity index (χ4n) is 1.98. The molecule has 0 unspecified atom stereocenters. The van der Waals surface area contributed by atoms with Gasteiger partial charge in [0.2, 0.25) is 5.88 Å². The first kappa shape index (κ1) is 16.0. The minimum Gasteiger partial charge on any atom is -0.478 e. The molecule has 0 saturated carbocycles. The summed E-state index contributed by atoms with van der Waals surface area (Å²) in [6, 6.07) is 4.09. The molecule has 0 spiro atoms. The van der Waals surface area contributed by atoms with Crippen LogP contribution in [0.4, 0.5) is 0 Å². The van der Waals surface area contributed by atoms with E-state index in [9.17, 15) is 0 Å². The largest absolute Gasteiger partial charge is 0.478 e. The molecule has 0 radical (unpaired) electrons. The third-order valence-electron chi connectivity index (χ3n) is 3.23. The molecule has 1 aromatic heterocycles. The lowest BCUT2D eigenvalue weighted by Crippen LogP contribution is -2.13. The van der Waals surface area contributed by atoms with Crippen LogP contribution in [-0.4, -0.2) is 18.1 Å². The average Bonchev–Trinajstić information content (AvgIpc) is 2.42. The maximum absolute atomic E-state index is 5.69. The van der Waals surface area contributed by atoms with Gasteiger partial charge in [-0.25, -0.2) is 4.98 Å². The Bertz CT molecular complexity index is 353. The molecule has 0 atom stereocenters. The van der Waals surface area contributed by atoms with Crippen molar-refractivity contribution in [1.82, 2.24) is 10.3 Å². The van der Waals surface area contributed by atoms with Gasteiger partial charge in [0, 0.05) is 18.3 Å². The van der Waals surface area contributed by atoms with E-state index in [1.165, 1.54) is 31.2 Å². The second-order valence-corrected chi connectivity index (χ2v) is 4.94. The Balaban J connectivity index is 2.29. The molecule has 1 rings (SSSR count). The van der Waals surface area contributed by atoms with Crippen molar-refractivity contribution < 1.29 is 4.74 Å². The highest BCUT2D eigenvalue weighted by Gasteiger charge is 2.02. The molecule has 1 N–H and O–H groups in total. The fraction of sp³-hybridized carbons (Fsp3) is 0.688. The summed E-state index contributed by atoms with van der Waals surface area (Å²) in [7, 11) is 0. The van der Waals surface area contributed by atoms with Crippen LogP contribution in [0.1, 0.15) is 57.2 Å². The monoisotopic (exact) mass is 264 g/mol. The molecule has 19 heavy (non-hydrogen) atoms. The molecule has 3 nitrogen and oxygen atoms in total. The molecule has 0 amide bonds. The number of pyridine rings is 1. The van der Waals surface area contributed by atoms with E-state index in [0.717, 1.165) is 37.7 Å². The van der Waals surface area contributed by atoms with Gasteiger partial charge in [-0.05, 0) is 25.5 Å². The van der Waals surface area contributed by atoms with Crippen LogP contribution in [0.3, 0.4) is 0 Å². The van der Waals surface area contributed by atoms with E-state index in [2.05, 4.69) is 30.2 Å². The van der Waals surface area contributed by atoms with Crippen molar-refractivity contribution in [2.45, 2.75) is 59.4 Å². The van der Waals surface area contributed by atoms with E-state index >= 15 is 0 Å². The summed E-state index contributed by atoms with van der Waals surface area (Å²) < 4.78 is 5.69. The maximum Gasteiger partial charge on any atom is 0.213 e. The summed E-state index contributed by atoms with van der Waals surface area (Å²) in [6.45, 7) is 9.03. The summed E-state index contributed by atoms with van der Waals surface area (Å²) in [4.78, 5) is 4.50. The second kappa shape index (κ2) is 9.79. The van der Waals surface area contributed by atoms with Crippen molar-refractivity contribution >= 4 is 0 Å². The molecule has 3 heteroatoms.